The van der Waals surface area contributed by atoms with Crippen molar-refractivity contribution in [3.63, 3.8) is 0 Å². The van der Waals surface area contributed by atoms with Gasteiger partial charge in [0, 0.05) is 13.1 Å². The second kappa shape index (κ2) is 6.21. The molecule has 96 valence electrons. The SMILES string of the molecule is CC(C)(C)OC=O.CC1(C)CCCN(O)C1. The number of rotatable bonds is 1. The van der Waals surface area contributed by atoms with Crippen LogP contribution in [0, 0.1) is 5.41 Å². The van der Waals surface area contributed by atoms with Crippen molar-refractivity contribution in [2.75, 3.05) is 13.1 Å². The van der Waals surface area contributed by atoms with Crippen molar-refractivity contribution in [3.8, 4) is 0 Å². The van der Waals surface area contributed by atoms with Gasteiger partial charge in [-0.1, -0.05) is 13.8 Å². The van der Waals surface area contributed by atoms with E-state index < -0.39 is 0 Å². The van der Waals surface area contributed by atoms with E-state index in [9.17, 15) is 4.79 Å². The van der Waals surface area contributed by atoms with E-state index in [1.54, 1.807) is 0 Å². The molecular formula is C12H25NO3. The van der Waals surface area contributed by atoms with Gasteiger partial charge in [0.05, 0.1) is 0 Å². The monoisotopic (exact) mass is 231 g/mol. The van der Waals surface area contributed by atoms with Crippen molar-refractivity contribution in [3.05, 3.63) is 0 Å². The molecular weight excluding hydrogens is 206 g/mol. The fraction of sp³-hybridized carbons (Fsp3) is 0.917. The summed E-state index contributed by atoms with van der Waals surface area (Å²) in [6, 6.07) is 0. The van der Waals surface area contributed by atoms with Crippen LogP contribution < -0.4 is 0 Å². The van der Waals surface area contributed by atoms with E-state index in [4.69, 9.17) is 5.21 Å². The quantitative estimate of drug-likeness (QED) is 0.704. The summed E-state index contributed by atoms with van der Waals surface area (Å²) in [5.41, 5.74) is 0.00868. The van der Waals surface area contributed by atoms with Crippen LogP contribution in [0.25, 0.3) is 0 Å². The zero-order chi connectivity index (χ0) is 12.8. The van der Waals surface area contributed by atoms with E-state index in [0.29, 0.717) is 11.9 Å². The lowest BCUT2D eigenvalue weighted by Crippen LogP contribution is -2.37. The van der Waals surface area contributed by atoms with Gasteiger partial charge in [0.25, 0.3) is 6.47 Å². The number of ether oxygens (including phenoxy) is 1. The molecule has 0 spiro atoms. The van der Waals surface area contributed by atoms with E-state index in [2.05, 4.69) is 18.6 Å². The van der Waals surface area contributed by atoms with Crippen LogP contribution in [0.5, 0.6) is 0 Å². The predicted molar refractivity (Wildman–Crippen MR) is 63.3 cm³/mol. The van der Waals surface area contributed by atoms with Gasteiger partial charge < -0.3 is 9.94 Å². The highest BCUT2D eigenvalue weighted by molar-refractivity contribution is 5.37. The Labute approximate surface area is 98.5 Å². The van der Waals surface area contributed by atoms with Crippen molar-refractivity contribution < 1.29 is 14.7 Å². The maximum absolute atomic E-state index is 9.60. The lowest BCUT2D eigenvalue weighted by Gasteiger charge is -2.34. The number of carbonyl (C=O) groups is 1. The van der Waals surface area contributed by atoms with Crippen LogP contribution in [-0.4, -0.2) is 35.4 Å². The fourth-order valence-corrected chi connectivity index (χ4v) is 1.54. The summed E-state index contributed by atoms with van der Waals surface area (Å²) in [5.74, 6) is 0. The zero-order valence-corrected chi connectivity index (χ0v) is 11.1. The lowest BCUT2D eigenvalue weighted by molar-refractivity contribution is -0.138. The minimum Gasteiger partial charge on any atom is -0.462 e. The molecule has 1 heterocycles. The Hall–Kier alpha value is -0.610. The second-order valence-electron chi connectivity index (χ2n) is 5.98. The van der Waals surface area contributed by atoms with Crippen molar-refractivity contribution in [2.45, 2.75) is 53.1 Å². The number of carbonyl (C=O) groups excluding carboxylic acids is 1. The van der Waals surface area contributed by atoms with Crippen LogP contribution in [0.4, 0.5) is 0 Å². The van der Waals surface area contributed by atoms with E-state index in [0.717, 1.165) is 19.5 Å². The van der Waals surface area contributed by atoms with Gasteiger partial charge in [-0.25, -0.2) is 0 Å². The maximum Gasteiger partial charge on any atom is 0.293 e. The van der Waals surface area contributed by atoms with E-state index in [1.807, 2.05) is 20.8 Å². The molecule has 0 aromatic carbocycles. The molecule has 1 fully saturated rings. The van der Waals surface area contributed by atoms with Crippen LogP contribution in [-0.2, 0) is 9.53 Å². The minimum absolute atomic E-state index is 0.318. The Kier molecular flexibility index (Phi) is 5.97. The Morgan fingerprint density at radius 2 is 1.94 bits per heavy atom. The molecule has 4 nitrogen and oxygen atoms in total. The fourth-order valence-electron chi connectivity index (χ4n) is 1.54. The molecule has 0 aromatic rings. The lowest BCUT2D eigenvalue weighted by atomic mass is 9.85. The van der Waals surface area contributed by atoms with Crippen LogP contribution >= 0.6 is 0 Å². The van der Waals surface area contributed by atoms with Gasteiger partial charge in [-0.2, -0.15) is 5.06 Å². The number of hydrogen-bond acceptors (Lipinski definition) is 4. The van der Waals surface area contributed by atoms with Crippen LogP contribution in [0.15, 0.2) is 0 Å². The smallest absolute Gasteiger partial charge is 0.293 e. The highest BCUT2D eigenvalue weighted by Crippen LogP contribution is 2.26. The van der Waals surface area contributed by atoms with E-state index >= 15 is 0 Å². The number of hydrogen-bond donors (Lipinski definition) is 1. The van der Waals surface area contributed by atoms with Crippen LogP contribution in [0.2, 0.25) is 0 Å². The number of nitrogens with zero attached hydrogens (tertiary/aromatic N) is 1. The molecule has 1 saturated heterocycles. The summed E-state index contributed by atoms with van der Waals surface area (Å²) in [5, 5.41) is 10.5. The van der Waals surface area contributed by atoms with Gasteiger partial charge in [0.2, 0.25) is 0 Å². The molecule has 0 unspecified atom stereocenters. The summed E-state index contributed by atoms with van der Waals surface area (Å²) < 4.78 is 4.55. The van der Waals surface area contributed by atoms with Gasteiger partial charge >= 0.3 is 0 Å². The predicted octanol–water partition coefficient (Wildman–Crippen LogP) is 2.46. The summed E-state index contributed by atoms with van der Waals surface area (Å²) >= 11 is 0. The molecule has 0 radical (unpaired) electrons. The summed E-state index contributed by atoms with van der Waals surface area (Å²) in [6.07, 6.45) is 2.37. The zero-order valence-electron chi connectivity index (χ0n) is 11.1. The number of piperidine rings is 1. The standard InChI is InChI=1S/C7H15NO.C5H10O2/c1-7(2)4-3-5-8(9)6-7;1-5(2,3)7-4-6/h9H,3-6H2,1-2H3;4H,1-3H3. The molecule has 1 rings (SSSR count). The van der Waals surface area contributed by atoms with Crippen molar-refractivity contribution in [1.82, 2.24) is 5.06 Å². The molecule has 0 aromatic heterocycles. The molecule has 4 heteroatoms. The molecule has 0 atom stereocenters. The average molecular weight is 231 g/mol. The second-order valence-corrected chi connectivity index (χ2v) is 5.98. The van der Waals surface area contributed by atoms with Gasteiger partial charge in [0.1, 0.15) is 5.60 Å². The van der Waals surface area contributed by atoms with Gasteiger partial charge in [-0.05, 0) is 39.0 Å². The third-order valence-electron chi connectivity index (χ3n) is 2.28. The first-order chi connectivity index (χ1) is 7.16. The van der Waals surface area contributed by atoms with Gasteiger partial charge in [-0.15, -0.1) is 0 Å². The molecule has 0 aliphatic carbocycles. The topological polar surface area (TPSA) is 49.8 Å². The molecule has 1 aliphatic rings. The molecule has 16 heavy (non-hydrogen) atoms. The molecule has 0 amide bonds. The molecule has 0 bridgehead atoms. The third-order valence-corrected chi connectivity index (χ3v) is 2.28. The summed E-state index contributed by atoms with van der Waals surface area (Å²) in [4.78, 5) is 9.60. The average Bonchev–Trinajstić information content (AvgIpc) is 1.99. The Balaban J connectivity index is 0.000000293. The van der Waals surface area contributed by atoms with Gasteiger partial charge in [-0.3, -0.25) is 4.79 Å². The maximum atomic E-state index is 9.60. The first-order valence-corrected chi connectivity index (χ1v) is 5.72. The Bertz CT molecular complexity index is 209. The van der Waals surface area contributed by atoms with Gasteiger partial charge in [0.15, 0.2) is 0 Å². The summed E-state index contributed by atoms with van der Waals surface area (Å²) in [7, 11) is 0. The van der Waals surface area contributed by atoms with Crippen LogP contribution in [0.3, 0.4) is 0 Å². The van der Waals surface area contributed by atoms with Crippen molar-refractivity contribution in [1.29, 1.82) is 0 Å². The third kappa shape index (κ3) is 8.68. The first-order valence-electron chi connectivity index (χ1n) is 5.72. The molecule has 1 aliphatic heterocycles. The molecule has 0 saturated carbocycles. The molecule has 1 N–H and O–H groups in total. The highest BCUT2D eigenvalue weighted by Gasteiger charge is 2.24. The Morgan fingerprint density at radius 3 is 2.12 bits per heavy atom. The van der Waals surface area contributed by atoms with E-state index in [1.165, 1.54) is 11.5 Å². The first kappa shape index (κ1) is 15.4. The minimum atomic E-state index is -0.318. The summed E-state index contributed by atoms with van der Waals surface area (Å²) in [6.45, 7) is 12.0. The van der Waals surface area contributed by atoms with Crippen molar-refractivity contribution in [2.24, 2.45) is 5.41 Å². The normalized spacial score (nSPS) is 20.6. The Morgan fingerprint density at radius 1 is 1.38 bits per heavy atom. The largest absolute Gasteiger partial charge is 0.462 e. The van der Waals surface area contributed by atoms with E-state index in [-0.39, 0.29) is 5.60 Å². The highest BCUT2D eigenvalue weighted by atomic mass is 16.5. The number of hydroxylamine groups is 2. The van der Waals surface area contributed by atoms with Crippen LogP contribution in [0.1, 0.15) is 47.5 Å². The van der Waals surface area contributed by atoms with Crippen molar-refractivity contribution >= 4 is 6.47 Å².